The Morgan fingerprint density at radius 3 is 2.81 bits per heavy atom. The number of carbonyl (C=O) groups is 1. The van der Waals surface area contributed by atoms with E-state index in [1.165, 1.54) is 0 Å². The second-order valence-electron chi connectivity index (χ2n) is 4.24. The monoisotopic (exact) mass is 233 g/mol. The van der Waals surface area contributed by atoms with E-state index in [1.807, 2.05) is 44.3 Å². The van der Waals surface area contributed by atoms with Crippen LogP contribution in [0, 0.1) is 6.92 Å². The number of aryl methyl sites for hydroxylation is 1. The Morgan fingerprint density at radius 2 is 2.12 bits per heavy atom. The van der Waals surface area contributed by atoms with Gasteiger partial charge in [0.05, 0.1) is 0 Å². The molecule has 0 aromatic heterocycles. The van der Waals surface area contributed by atoms with Gasteiger partial charge in [0.15, 0.2) is 5.78 Å². The molecule has 0 bridgehead atoms. The second kappa shape index (κ2) is 4.34. The van der Waals surface area contributed by atoms with E-state index in [1.54, 1.807) is 11.8 Å². The number of ketones is 1. The highest BCUT2D eigenvalue weighted by Gasteiger charge is 2.22. The van der Waals surface area contributed by atoms with Gasteiger partial charge in [0.1, 0.15) is 0 Å². The first kappa shape index (κ1) is 11.3. The molecule has 0 saturated carbocycles. The van der Waals surface area contributed by atoms with E-state index < -0.39 is 0 Å². The van der Waals surface area contributed by atoms with Crippen LogP contribution in [0.4, 0.5) is 0 Å². The van der Waals surface area contributed by atoms with Crippen molar-refractivity contribution in [3.8, 4) is 0 Å². The first-order chi connectivity index (χ1) is 7.58. The van der Waals surface area contributed by atoms with Crippen LogP contribution in [0.1, 0.15) is 15.9 Å². The van der Waals surface area contributed by atoms with Crippen LogP contribution in [0.3, 0.4) is 0 Å². The molecular weight excluding hydrogens is 218 g/mol. The number of rotatable bonds is 1. The number of benzene rings is 1. The summed E-state index contributed by atoms with van der Waals surface area (Å²) in [5, 5.41) is 0. The standard InChI is InChI=1S/C13H15NOS/c1-9-4-5-12-11(6-9)13(15)10(8-16-12)7-14(2)3/h4-7H,8H2,1-3H3/b10-7+. The van der Waals surface area contributed by atoms with Crippen molar-refractivity contribution in [2.24, 2.45) is 0 Å². The van der Waals surface area contributed by atoms with Gasteiger partial charge in [-0.05, 0) is 19.1 Å². The molecule has 0 saturated heterocycles. The van der Waals surface area contributed by atoms with Gasteiger partial charge in [0, 0.05) is 42.1 Å². The maximum Gasteiger partial charge on any atom is 0.192 e. The normalized spacial score (nSPS) is 17.4. The summed E-state index contributed by atoms with van der Waals surface area (Å²) in [7, 11) is 3.88. The van der Waals surface area contributed by atoms with Crippen molar-refractivity contribution in [1.82, 2.24) is 4.90 Å². The van der Waals surface area contributed by atoms with Crippen LogP contribution in [0.15, 0.2) is 34.9 Å². The average Bonchev–Trinajstić information content (AvgIpc) is 2.22. The molecule has 0 amide bonds. The molecule has 0 fully saturated rings. The van der Waals surface area contributed by atoms with Gasteiger partial charge in [-0.2, -0.15) is 0 Å². The van der Waals surface area contributed by atoms with Crippen LogP contribution < -0.4 is 0 Å². The van der Waals surface area contributed by atoms with Gasteiger partial charge in [-0.1, -0.05) is 11.6 Å². The van der Waals surface area contributed by atoms with Crippen LogP contribution in [-0.2, 0) is 0 Å². The van der Waals surface area contributed by atoms with E-state index in [-0.39, 0.29) is 5.78 Å². The summed E-state index contributed by atoms with van der Waals surface area (Å²) in [4.78, 5) is 15.2. The van der Waals surface area contributed by atoms with E-state index in [4.69, 9.17) is 0 Å². The van der Waals surface area contributed by atoms with Crippen molar-refractivity contribution in [2.45, 2.75) is 11.8 Å². The molecular formula is C13H15NOS. The summed E-state index contributed by atoms with van der Waals surface area (Å²) in [6.45, 7) is 2.02. The van der Waals surface area contributed by atoms with E-state index in [9.17, 15) is 4.79 Å². The van der Waals surface area contributed by atoms with E-state index >= 15 is 0 Å². The van der Waals surface area contributed by atoms with E-state index in [0.29, 0.717) is 0 Å². The predicted molar refractivity (Wildman–Crippen MR) is 68.0 cm³/mol. The lowest BCUT2D eigenvalue weighted by Gasteiger charge is -2.18. The Bertz CT molecular complexity index is 463. The number of nitrogens with zero attached hydrogens (tertiary/aromatic N) is 1. The van der Waals surface area contributed by atoms with Gasteiger partial charge in [0.2, 0.25) is 0 Å². The van der Waals surface area contributed by atoms with Crippen LogP contribution in [0.2, 0.25) is 0 Å². The highest BCUT2D eigenvalue weighted by molar-refractivity contribution is 7.99. The molecule has 0 atom stereocenters. The molecule has 3 heteroatoms. The van der Waals surface area contributed by atoms with Crippen molar-refractivity contribution >= 4 is 17.5 Å². The largest absolute Gasteiger partial charge is 0.383 e. The molecule has 0 N–H and O–H groups in total. The van der Waals surface area contributed by atoms with E-state index in [0.717, 1.165) is 27.3 Å². The lowest BCUT2D eigenvalue weighted by Crippen LogP contribution is -2.16. The Balaban J connectivity index is 2.42. The van der Waals surface area contributed by atoms with Crippen molar-refractivity contribution < 1.29 is 4.79 Å². The fraction of sp³-hybridized carbons (Fsp3) is 0.308. The minimum absolute atomic E-state index is 0.172. The van der Waals surface area contributed by atoms with Gasteiger partial charge in [-0.3, -0.25) is 4.79 Å². The number of fused-ring (bicyclic) bond motifs is 1. The number of hydrogen-bond donors (Lipinski definition) is 0. The van der Waals surface area contributed by atoms with Gasteiger partial charge in [-0.15, -0.1) is 11.8 Å². The molecule has 1 aromatic rings. The quantitative estimate of drug-likeness (QED) is 0.696. The van der Waals surface area contributed by atoms with Crippen LogP contribution in [0.25, 0.3) is 0 Å². The summed E-state index contributed by atoms with van der Waals surface area (Å²) in [6, 6.07) is 6.08. The predicted octanol–water partition coefficient (Wildman–Crippen LogP) is 2.73. The van der Waals surface area contributed by atoms with Crippen molar-refractivity contribution in [3.63, 3.8) is 0 Å². The molecule has 1 aliphatic rings. The third-order valence-corrected chi connectivity index (χ3v) is 3.59. The van der Waals surface area contributed by atoms with Crippen LogP contribution in [-0.4, -0.2) is 30.5 Å². The molecule has 0 spiro atoms. The van der Waals surface area contributed by atoms with Crippen molar-refractivity contribution in [2.75, 3.05) is 19.8 Å². The minimum Gasteiger partial charge on any atom is -0.383 e. The third kappa shape index (κ3) is 2.14. The molecule has 0 aliphatic carbocycles. The summed E-state index contributed by atoms with van der Waals surface area (Å²) in [5.41, 5.74) is 2.87. The topological polar surface area (TPSA) is 20.3 Å². The first-order valence-electron chi connectivity index (χ1n) is 5.23. The molecule has 0 radical (unpaired) electrons. The van der Waals surface area contributed by atoms with Gasteiger partial charge in [0.25, 0.3) is 0 Å². The highest BCUT2D eigenvalue weighted by Crippen LogP contribution is 2.33. The molecule has 1 aromatic carbocycles. The lowest BCUT2D eigenvalue weighted by molar-refractivity contribution is 0.102. The zero-order chi connectivity index (χ0) is 11.7. The Kier molecular flexibility index (Phi) is 3.06. The smallest absolute Gasteiger partial charge is 0.192 e. The zero-order valence-electron chi connectivity index (χ0n) is 9.78. The van der Waals surface area contributed by atoms with Crippen molar-refractivity contribution in [1.29, 1.82) is 0 Å². The average molecular weight is 233 g/mol. The van der Waals surface area contributed by atoms with Gasteiger partial charge in [-0.25, -0.2) is 0 Å². The molecule has 16 heavy (non-hydrogen) atoms. The molecule has 1 aliphatic heterocycles. The number of hydrogen-bond acceptors (Lipinski definition) is 3. The summed E-state index contributed by atoms with van der Waals surface area (Å²) in [5.74, 6) is 0.943. The summed E-state index contributed by atoms with van der Waals surface area (Å²) in [6.07, 6.45) is 1.92. The minimum atomic E-state index is 0.172. The molecule has 1 heterocycles. The maximum absolute atomic E-state index is 12.2. The van der Waals surface area contributed by atoms with Gasteiger partial charge < -0.3 is 4.90 Å². The van der Waals surface area contributed by atoms with Crippen LogP contribution in [0.5, 0.6) is 0 Å². The fourth-order valence-electron chi connectivity index (χ4n) is 1.75. The zero-order valence-corrected chi connectivity index (χ0v) is 10.6. The molecule has 2 rings (SSSR count). The van der Waals surface area contributed by atoms with Gasteiger partial charge >= 0.3 is 0 Å². The molecule has 2 nitrogen and oxygen atoms in total. The number of carbonyl (C=O) groups excluding carboxylic acids is 1. The van der Waals surface area contributed by atoms with Crippen molar-refractivity contribution in [3.05, 3.63) is 41.1 Å². The Labute approximate surface area is 100 Å². The summed E-state index contributed by atoms with van der Waals surface area (Å²) < 4.78 is 0. The highest BCUT2D eigenvalue weighted by atomic mass is 32.2. The first-order valence-corrected chi connectivity index (χ1v) is 6.22. The maximum atomic E-state index is 12.2. The van der Waals surface area contributed by atoms with E-state index in [2.05, 4.69) is 6.07 Å². The number of Topliss-reactive ketones (excluding diaryl/α,β-unsaturated/α-hetero) is 1. The fourth-order valence-corrected chi connectivity index (χ4v) is 2.74. The Hall–Kier alpha value is -1.22. The third-order valence-electron chi connectivity index (χ3n) is 2.47. The number of thioether (sulfide) groups is 1. The van der Waals surface area contributed by atoms with Crippen LogP contribution >= 0.6 is 11.8 Å². The molecule has 0 unspecified atom stereocenters. The summed E-state index contributed by atoms with van der Waals surface area (Å²) >= 11 is 1.74. The second-order valence-corrected chi connectivity index (χ2v) is 5.25. The lowest BCUT2D eigenvalue weighted by atomic mass is 10.0. The molecule has 84 valence electrons. The SMILES string of the molecule is Cc1ccc2c(c1)C(=O)/C(=C/N(C)C)CS2. The Morgan fingerprint density at radius 1 is 1.38 bits per heavy atom.